The molecule has 0 radical (unpaired) electrons. The molecule has 0 aliphatic carbocycles. The molecule has 29 heavy (non-hydrogen) atoms. The highest BCUT2D eigenvalue weighted by molar-refractivity contribution is 7.93. The number of rotatable bonds is 2. The zero-order valence-corrected chi connectivity index (χ0v) is 16.8. The molecule has 5 rings (SSSR count). The number of benzene rings is 3. The Hall–Kier alpha value is -3.16. The number of halogens is 1. The monoisotopic (exact) mass is 423 g/mol. The van der Waals surface area contributed by atoms with Gasteiger partial charge in [-0.05, 0) is 61.0 Å². The summed E-state index contributed by atoms with van der Waals surface area (Å²) >= 11 is 5.95. The molecular formula is C21H14ClN3O3S. The second kappa shape index (κ2) is 6.43. The summed E-state index contributed by atoms with van der Waals surface area (Å²) in [5.74, 6) is 0.652. The van der Waals surface area contributed by atoms with Gasteiger partial charge in [0.15, 0.2) is 5.75 Å². The predicted molar refractivity (Wildman–Crippen MR) is 112 cm³/mol. The number of nitrogens with zero attached hydrogens (tertiary/aromatic N) is 3. The Balaban J connectivity index is 1.81. The molecule has 0 spiro atoms. The lowest BCUT2D eigenvalue weighted by Crippen LogP contribution is -2.30. The highest BCUT2D eigenvalue weighted by atomic mass is 35.5. The van der Waals surface area contributed by atoms with E-state index in [1.54, 1.807) is 36.4 Å². The van der Waals surface area contributed by atoms with Gasteiger partial charge in [0.25, 0.3) is 15.9 Å². The molecule has 4 aromatic rings. The summed E-state index contributed by atoms with van der Waals surface area (Å²) < 4.78 is 34.4. The summed E-state index contributed by atoms with van der Waals surface area (Å²) in [6, 6.07) is 18.6. The third-order valence-corrected chi connectivity index (χ3v) is 6.58. The van der Waals surface area contributed by atoms with E-state index in [0.717, 1.165) is 5.56 Å². The fourth-order valence-electron chi connectivity index (χ4n) is 3.22. The molecule has 0 N–H and O–H groups in total. The summed E-state index contributed by atoms with van der Waals surface area (Å²) in [5.41, 5.74) is 2.46. The summed E-state index contributed by atoms with van der Waals surface area (Å²) in [6.45, 7) is 1.88. The summed E-state index contributed by atoms with van der Waals surface area (Å²) in [7, 11) is -4.00. The van der Waals surface area contributed by atoms with E-state index >= 15 is 0 Å². The number of sulfonamides is 1. The molecule has 1 aliphatic heterocycles. The predicted octanol–water partition coefficient (Wildman–Crippen LogP) is 5.22. The molecule has 0 saturated carbocycles. The van der Waals surface area contributed by atoms with Crippen molar-refractivity contribution in [2.45, 2.75) is 11.8 Å². The molecule has 6 nitrogen and oxygen atoms in total. The van der Waals surface area contributed by atoms with Crippen molar-refractivity contribution in [2.24, 2.45) is 0 Å². The molecule has 0 amide bonds. The van der Waals surface area contributed by atoms with E-state index in [-0.39, 0.29) is 16.6 Å². The molecule has 0 fully saturated rings. The summed E-state index contributed by atoms with van der Waals surface area (Å²) in [4.78, 5) is 9.16. The smallest absolute Gasteiger partial charge is 0.270 e. The molecule has 0 bridgehead atoms. The van der Waals surface area contributed by atoms with Crippen molar-refractivity contribution >= 4 is 44.2 Å². The maximum atomic E-state index is 13.6. The maximum absolute atomic E-state index is 13.6. The molecule has 0 saturated heterocycles. The number of aromatic nitrogens is 2. The number of fused-ring (bicyclic) bond motifs is 3. The molecule has 0 unspecified atom stereocenters. The van der Waals surface area contributed by atoms with Crippen molar-refractivity contribution in [1.82, 2.24) is 9.97 Å². The highest BCUT2D eigenvalue weighted by Crippen LogP contribution is 2.48. The van der Waals surface area contributed by atoms with Crippen molar-refractivity contribution in [2.75, 3.05) is 4.31 Å². The van der Waals surface area contributed by atoms with Crippen LogP contribution in [-0.4, -0.2) is 18.4 Å². The lowest BCUT2D eigenvalue weighted by molar-refractivity contribution is 0.456. The first-order valence-electron chi connectivity index (χ1n) is 8.80. The van der Waals surface area contributed by atoms with Crippen LogP contribution in [-0.2, 0) is 10.0 Å². The second-order valence-electron chi connectivity index (χ2n) is 6.64. The van der Waals surface area contributed by atoms with Crippen LogP contribution in [0, 0.1) is 6.92 Å². The van der Waals surface area contributed by atoms with Crippen molar-refractivity contribution in [1.29, 1.82) is 0 Å². The first kappa shape index (κ1) is 17.9. The third-order valence-electron chi connectivity index (χ3n) is 4.61. The number of para-hydroxylation sites is 2. The summed E-state index contributed by atoms with van der Waals surface area (Å²) in [6.07, 6.45) is 0. The van der Waals surface area contributed by atoms with Crippen LogP contribution in [0.5, 0.6) is 11.6 Å². The van der Waals surface area contributed by atoms with Gasteiger partial charge in [0, 0.05) is 5.02 Å². The van der Waals surface area contributed by atoms with Crippen LogP contribution in [0.25, 0.3) is 11.0 Å². The van der Waals surface area contributed by atoms with E-state index in [0.29, 0.717) is 27.5 Å². The van der Waals surface area contributed by atoms with Crippen molar-refractivity contribution in [3.8, 4) is 11.6 Å². The minimum Gasteiger partial charge on any atom is -0.434 e. The Bertz CT molecular complexity index is 1370. The molecule has 144 valence electrons. The lowest BCUT2D eigenvalue weighted by atomic mass is 10.2. The fourth-order valence-corrected chi connectivity index (χ4v) is 4.79. The van der Waals surface area contributed by atoms with Crippen molar-refractivity contribution < 1.29 is 13.2 Å². The largest absolute Gasteiger partial charge is 0.434 e. The zero-order chi connectivity index (χ0) is 20.2. The molecule has 8 heteroatoms. The number of aryl methyl sites for hydroxylation is 1. The Morgan fingerprint density at radius 2 is 1.62 bits per heavy atom. The van der Waals surface area contributed by atoms with Gasteiger partial charge in [0.2, 0.25) is 5.82 Å². The van der Waals surface area contributed by atoms with E-state index in [4.69, 9.17) is 16.3 Å². The quantitative estimate of drug-likeness (QED) is 0.441. The van der Waals surface area contributed by atoms with Crippen LogP contribution in [0.3, 0.4) is 0 Å². The van der Waals surface area contributed by atoms with Gasteiger partial charge in [-0.25, -0.2) is 22.7 Å². The van der Waals surface area contributed by atoms with Crippen LogP contribution in [0.15, 0.2) is 71.6 Å². The van der Waals surface area contributed by atoms with E-state index in [1.165, 1.54) is 16.4 Å². The first-order valence-corrected chi connectivity index (χ1v) is 10.6. The molecule has 0 atom stereocenters. The van der Waals surface area contributed by atoms with Crippen molar-refractivity contribution in [3.05, 3.63) is 77.3 Å². The van der Waals surface area contributed by atoms with Crippen LogP contribution < -0.4 is 9.04 Å². The van der Waals surface area contributed by atoms with E-state index in [2.05, 4.69) is 9.97 Å². The Morgan fingerprint density at radius 3 is 2.34 bits per heavy atom. The van der Waals surface area contributed by atoms with Crippen LogP contribution in [0.1, 0.15) is 5.56 Å². The molecule has 3 aromatic carbocycles. The molecule has 1 aliphatic rings. The number of anilines is 2. The van der Waals surface area contributed by atoms with E-state index < -0.39 is 10.0 Å². The highest BCUT2D eigenvalue weighted by Gasteiger charge is 2.37. The van der Waals surface area contributed by atoms with E-state index in [9.17, 15) is 8.42 Å². The minimum atomic E-state index is -4.00. The zero-order valence-electron chi connectivity index (χ0n) is 15.2. The molecule has 1 aromatic heterocycles. The van der Waals surface area contributed by atoms with Crippen LogP contribution in [0.4, 0.5) is 11.5 Å². The Kier molecular flexibility index (Phi) is 3.97. The van der Waals surface area contributed by atoms with Crippen LogP contribution >= 0.6 is 11.6 Å². The Morgan fingerprint density at radius 1 is 0.931 bits per heavy atom. The average molecular weight is 424 g/mol. The third kappa shape index (κ3) is 2.90. The van der Waals surface area contributed by atoms with E-state index in [1.807, 2.05) is 25.1 Å². The number of ether oxygens (including phenoxy) is 1. The molecular weight excluding hydrogens is 410 g/mol. The lowest BCUT2D eigenvalue weighted by Gasteiger charge is -2.30. The van der Waals surface area contributed by atoms with Gasteiger partial charge in [-0.3, -0.25) is 0 Å². The van der Waals surface area contributed by atoms with Gasteiger partial charge in [0.05, 0.1) is 15.9 Å². The SMILES string of the molecule is Cc1ccc2c(c1)N(S(=O)(=O)c1ccc(Cl)cc1)c1nc3ccccc3nc1O2. The summed E-state index contributed by atoms with van der Waals surface area (Å²) in [5, 5.41) is 0.452. The molecule has 2 heterocycles. The van der Waals surface area contributed by atoms with Gasteiger partial charge < -0.3 is 4.74 Å². The second-order valence-corrected chi connectivity index (χ2v) is 8.86. The number of hydrogen-bond acceptors (Lipinski definition) is 5. The van der Waals surface area contributed by atoms with Crippen molar-refractivity contribution in [3.63, 3.8) is 0 Å². The Labute approximate surface area is 172 Å². The first-order chi connectivity index (χ1) is 13.9. The number of hydrogen-bond donors (Lipinski definition) is 0. The van der Waals surface area contributed by atoms with Gasteiger partial charge in [0.1, 0.15) is 5.69 Å². The topological polar surface area (TPSA) is 72.4 Å². The maximum Gasteiger partial charge on any atom is 0.270 e. The average Bonchev–Trinajstić information content (AvgIpc) is 2.71. The van der Waals surface area contributed by atoms with Gasteiger partial charge >= 0.3 is 0 Å². The van der Waals surface area contributed by atoms with Crippen LogP contribution in [0.2, 0.25) is 5.02 Å². The standard InChI is InChI=1S/C21H14ClN3O3S/c1-13-6-11-19-18(12-13)25(29(26,27)15-9-7-14(22)8-10-15)20-21(28-19)24-17-5-3-2-4-16(17)23-20/h2-12H,1H3. The minimum absolute atomic E-state index is 0.0946. The normalized spacial score (nSPS) is 13.0. The van der Waals surface area contributed by atoms with Gasteiger partial charge in [-0.2, -0.15) is 0 Å². The van der Waals surface area contributed by atoms with Gasteiger partial charge in [-0.15, -0.1) is 0 Å². The fraction of sp³-hybridized carbons (Fsp3) is 0.0476. The van der Waals surface area contributed by atoms with Gasteiger partial charge in [-0.1, -0.05) is 29.8 Å².